The van der Waals surface area contributed by atoms with Gasteiger partial charge in [0.25, 0.3) is 0 Å². The predicted octanol–water partition coefficient (Wildman–Crippen LogP) is 2.58. The van der Waals surface area contributed by atoms with Crippen LogP contribution in [0.3, 0.4) is 0 Å². The van der Waals surface area contributed by atoms with Crippen molar-refractivity contribution in [1.82, 2.24) is 5.32 Å². The van der Waals surface area contributed by atoms with Crippen molar-refractivity contribution in [2.24, 2.45) is 0 Å². The van der Waals surface area contributed by atoms with Crippen LogP contribution in [-0.4, -0.2) is 25.7 Å². The Kier molecular flexibility index (Phi) is 5.41. The first-order chi connectivity index (χ1) is 9.69. The molecule has 110 valence electrons. The highest BCUT2D eigenvalue weighted by Gasteiger charge is 2.20. The average Bonchev–Trinajstić information content (AvgIpc) is 3.26. The quantitative estimate of drug-likeness (QED) is 0.586. The van der Waals surface area contributed by atoms with Crippen LogP contribution in [0.5, 0.6) is 5.75 Å². The summed E-state index contributed by atoms with van der Waals surface area (Å²) in [6.45, 7) is 3.47. The number of hydrogen-bond donors (Lipinski definition) is 1. The molecular formula is C16H23NO3. The SMILES string of the molecule is COC(=O)CCCOc1ccc(C)cc1CNC1CC1. The number of hydrogen-bond acceptors (Lipinski definition) is 4. The second-order valence-corrected chi connectivity index (χ2v) is 5.29. The first kappa shape index (κ1) is 14.9. The molecule has 1 aliphatic carbocycles. The van der Waals surface area contributed by atoms with Gasteiger partial charge in [0.1, 0.15) is 5.75 Å². The van der Waals surface area contributed by atoms with E-state index in [2.05, 4.69) is 29.1 Å². The summed E-state index contributed by atoms with van der Waals surface area (Å²) >= 11 is 0. The monoisotopic (exact) mass is 277 g/mol. The lowest BCUT2D eigenvalue weighted by Crippen LogP contribution is -2.16. The van der Waals surface area contributed by atoms with Crippen molar-refractivity contribution >= 4 is 5.97 Å². The lowest BCUT2D eigenvalue weighted by Gasteiger charge is -2.13. The van der Waals surface area contributed by atoms with E-state index in [1.54, 1.807) is 0 Å². The van der Waals surface area contributed by atoms with Gasteiger partial charge in [-0.2, -0.15) is 0 Å². The van der Waals surface area contributed by atoms with E-state index in [1.807, 2.05) is 6.07 Å². The number of esters is 1. The number of carbonyl (C=O) groups excluding carboxylic acids is 1. The van der Waals surface area contributed by atoms with Crippen LogP contribution in [0, 0.1) is 6.92 Å². The minimum absolute atomic E-state index is 0.187. The molecule has 1 aromatic rings. The van der Waals surface area contributed by atoms with E-state index in [0.29, 0.717) is 25.5 Å². The molecule has 0 aliphatic heterocycles. The highest BCUT2D eigenvalue weighted by atomic mass is 16.5. The third-order valence-electron chi connectivity index (χ3n) is 3.39. The fourth-order valence-corrected chi connectivity index (χ4v) is 2.03. The van der Waals surface area contributed by atoms with Gasteiger partial charge in [0.05, 0.1) is 13.7 Å². The molecule has 0 atom stereocenters. The Morgan fingerprint density at radius 1 is 1.40 bits per heavy atom. The zero-order chi connectivity index (χ0) is 14.4. The molecule has 4 heteroatoms. The minimum atomic E-state index is -0.187. The Labute approximate surface area is 120 Å². The van der Waals surface area contributed by atoms with Crippen molar-refractivity contribution in [2.75, 3.05) is 13.7 Å². The van der Waals surface area contributed by atoms with Crippen LogP contribution in [0.1, 0.15) is 36.8 Å². The molecule has 20 heavy (non-hydrogen) atoms. The van der Waals surface area contributed by atoms with Crippen LogP contribution in [0.2, 0.25) is 0 Å². The number of benzene rings is 1. The molecule has 0 bridgehead atoms. The van der Waals surface area contributed by atoms with Crippen molar-refractivity contribution in [2.45, 2.75) is 45.2 Å². The number of nitrogens with one attached hydrogen (secondary N) is 1. The van der Waals surface area contributed by atoms with Crippen LogP contribution in [0.25, 0.3) is 0 Å². The van der Waals surface area contributed by atoms with Crippen LogP contribution in [-0.2, 0) is 16.1 Å². The second kappa shape index (κ2) is 7.29. The summed E-state index contributed by atoms with van der Waals surface area (Å²) in [6.07, 6.45) is 3.64. The maximum Gasteiger partial charge on any atom is 0.305 e. The molecule has 1 fully saturated rings. The van der Waals surface area contributed by atoms with Crippen molar-refractivity contribution in [3.05, 3.63) is 29.3 Å². The largest absolute Gasteiger partial charge is 0.493 e. The number of methoxy groups -OCH3 is 1. The third-order valence-corrected chi connectivity index (χ3v) is 3.39. The van der Waals surface area contributed by atoms with Gasteiger partial charge in [0.2, 0.25) is 0 Å². The van der Waals surface area contributed by atoms with Gasteiger partial charge in [0.15, 0.2) is 0 Å². The van der Waals surface area contributed by atoms with Crippen molar-refractivity contribution in [1.29, 1.82) is 0 Å². The number of ether oxygens (including phenoxy) is 2. The van der Waals surface area contributed by atoms with Gasteiger partial charge in [-0.25, -0.2) is 0 Å². The normalized spacial score (nSPS) is 14.1. The number of aryl methyl sites for hydroxylation is 1. The maximum atomic E-state index is 11.0. The fourth-order valence-electron chi connectivity index (χ4n) is 2.03. The number of rotatable bonds is 8. The fraction of sp³-hybridized carbons (Fsp3) is 0.562. The molecule has 0 saturated heterocycles. The van der Waals surface area contributed by atoms with Crippen molar-refractivity contribution in [3.63, 3.8) is 0 Å². The summed E-state index contributed by atoms with van der Waals surface area (Å²) in [6, 6.07) is 6.90. The molecule has 1 N–H and O–H groups in total. The smallest absolute Gasteiger partial charge is 0.305 e. The molecule has 4 nitrogen and oxygen atoms in total. The lowest BCUT2D eigenvalue weighted by atomic mass is 10.1. The second-order valence-electron chi connectivity index (χ2n) is 5.29. The van der Waals surface area contributed by atoms with E-state index in [-0.39, 0.29) is 5.97 Å². The summed E-state index contributed by atoms with van der Waals surface area (Å²) in [5.41, 5.74) is 2.43. The van der Waals surface area contributed by atoms with Crippen molar-refractivity contribution in [3.8, 4) is 5.75 Å². The van der Waals surface area contributed by atoms with E-state index in [4.69, 9.17) is 4.74 Å². The van der Waals surface area contributed by atoms with Gasteiger partial charge in [-0.3, -0.25) is 4.79 Å². The van der Waals surface area contributed by atoms with E-state index in [1.165, 1.54) is 31.1 Å². The lowest BCUT2D eigenvalue weighted by molar-refractivity contribution is -0.140. The Hall–Kier alpha value is -1.55. The minimum Gasteiger partial charge on any atom is -0.493 e. The van der Waals surface area contributed by atoms with Crippen LogP contribution in [0.15, 0.2) is 18.2 Å². The maximum absolute atomic E-state index is 11.0. The molecule has 1 aromatic carbocycles. The Balaban J connectivity index is 1.83. The zero-order valence-corrected chi connectivity index (χ0v) is 12.3. The molecular weight excluding hydrogens is 254 g/mol. The van der Waals surface area contributed by atoms with E-state index in [0.717, 1.165) is 12.3 Å². The Bertz CT molecular complexity index is 455. The van der Waals surface area contributed by atoms with Gasteiger partial charge in [0, 0.05) is 24.6 Å². The van der Waals surface area contributed by atoms with Gasteiger partial charge in [-0.1, -0.05) is 17.7 Å². The standard InChI is InChI=1S/C16H23NO3/c1-12-5-8-15(20-9-3-4-16(18)19-2)13(10-12)11-17-14-6-7-14/h5,8,10,14,17H,3-4,6-7,9,11H2,1-2H3. The molecule has 0 spiro atoms. The molecule has 0 unspecified atom stereocenters. The molecule has 0 radical (unpaired) electrons. The summed E-state index contributed by atoms with van der Waals surface area (Å²) in [5, 5.41) is 3.50. The topological polar surface area (TPSA) is 47.6 Å². The molecule has 1 aliphatic rings. The van der Waals surface area contributed by atoms with E-state index < -0.39 is 0 Å². The van der Waals surface area contributed by atoms with Gasteiger partial charge >= 0.3 is 5.97 Å². The highest BCUT2D eigenvalue weighted by molar-refractivity contribution is 5.69. The Morgan fingerprint density at radius 2 is 2.20 bits per heavy atom. The molecule has 1 saturated carbocycles. The van der Waals surface area contributed by atoms with Gasteiger partial charge in [-0.05, 0) is 32.3 Å². The van der Waals surface area contributed by atoms with Crippen LogP contribution < -0.4 is 10.1 Å². The summed E-state index contributed by atoms with van der Waals surface area (Å²) in [4.78, 5) is 11.0. The zero-order valence-electron chi connectivity index (χ0n) is 12.3. The number of carbonyl (C=O) groups is 1. The summed E-state index contributed by atoms with van der Waals surface area (Å²) < 4.78 is 10.4. The average molecular weight is 277 g/mol. The summed E-state index contributed by atoms with van der Waals surface area (Å²) in [7, 11) is 1.41. The van der Waals surface area contributed by atoms with E-state index >= 15 is 0 Å². The molecule has 0 amide bonds. The molecule has 0 aromatic heterocycles. The van der Waals surface area contributed by atoms with Crippen LogP contribution in [0.4, 0.5) is 0 Å². The van der Waals surface area contributed by atoms with E-state index in [9.17, 15) is 4.79 Å². The van der Waals surface area contributed by atoms with Crippen LogP contribution >= 0.6 is 0 Å². The van der Waals surface area contributed by atoms with Crippen molar-refractivity contribution < 1.29 is 14.3 Å². The van der Waals surface area contributed by atoms with Gasteiger partial charge in [-0.15, -0.1) is 0 Å². The summed E-state index contributed by atoms with van der Waals surface area (Å²) in [5.74, 6) is 0.724. The first-order valence-corrected chi connectivity index (χ1v) is 7.21. The highest BCUT2D eigenvalue weighted by Crippen LogP contribution is 2.23. The first-order valence-electron chi connectivity index (χ1n) is 7.21. The van der Waals surface area contributed by atoms with Gasteiger partial charge < -0.3 is 14.8 Å². The predicted molar refractivity (Wildman–Crippen MR) is 77.8 cm³/mol. The third kappa shape index (κ3) is 4.85. The molecule has 2 rings (SSSR count). The molecule has 0 heterocycles. The Morgan fingerprint density at radius 3 is 2.90 bits per heavy atom.